The van der Waals surface area contributed by atoms with E-state index in [1.165, 1.54) is 18.3 Å². The third-order valence-corrected chi connectivity index (χ3v) is 5.27. The lowest BCUT2D eigenvalue weighted by Gasteiger charge is -2.09. The molecule has 0 fully saturated rings. The lowest BCUT2D eigenvalue weighted by Crippen LogP contribution is -2.13. The number of aryl methyl sites for hydroxylation is 1. The summed E-state index contributed by atoms with van der Waals surface area (Å²) in [5.41, 5.74) is 1.98. The van der Waals surface area contributed by atoms with Crippen LogP contribution in [0.1, 0.15) is 27.3 Å². The van der Waals surface area contributed by atoms with Gasteiger partial charge in [0.05, 0.1) is 17.0 Å². The molecular weight excluding hydrogens is 474 g/mol. The second-order valence-electron chi connectivity index (χ2n) is 7.79. The van der Waals surface area contributed by atoms with Crippen LogP contribution in [-0.2, 0) is 6.18 Å². The smallest absolute Gasteiger partial charge is 0.338 e. The number of imidazole rings is 1. The molecular formula is C26H19F4N5O. The van der Waals surface area contributed by atoms with E-state index >= 15 is 0 Å². The number of aromatic amines is 1. The van der Waals surface area contributed by atoms with Crippen molar-refractivity contribution in [1.29, 1.82) is 5.41 Å². The minimum absolute atomic E-state index is 0.0401. The normalized spacial score (nSPS) is 11.6. The zero-order valence-corrected chi connectivity index (χ0v) is 18.8. The van der Waals surface area contributed by atoms with E-state index in [0.717, 1.165) is 30.5 Å². The highest BCUT2D eigenvalue weighted by Crippen LogP contribution is 2.32. The van der Waals surface area contributed by atoms with Gasteiger partial charge in [-0.25, -0.2) is 14.4 Å². The van der Waals surface area contributed by atoms with Crippen molar-refractivity contribution < 1.29 is 22.4 Å². The zero-order chi connectivity index (χ0) is 25.9. The van der Waals surface area contributed by atoms with Gasteiger partial charge in [-0.2, -0.15) is 13.2 Å². The SMILES string of the molecule is Cc1cc(-c2nc(/C=C\C=N)[nH]c2-c2ccnc(NC(=O)c3ccc(C(F)(F)F)cc3)c2)ccc1F. The summed E-state index contributed by atoms with van der Waals surface area (Å²) >= 11 is 0. The van der Waals surface area contributed by atoms with Crippen LogP contribution in [0, 0.1) is 18.2 Å². The average molecular weight is 493 g/mol. The first-order valence-electron chi connectivity index (χ1n) is 10.6. The van der Waals surface area contributed by atoms with Crippen molar-refractivity contribution in [2.45, 2.75) is 13.1 Å². The van der Waals surface area contributed by atoms with Crippen LogP contribution < -0.4 is 5.32 Å². The zero-order valence-electron chi connectivity index (χ0n) is 18.8. The molecule has 10 heteroatoms. The molecule has 2 aromatic heterocycles. The van der Waals surface area contributed by atoms with Crippen LogP contribution in [0.3, 0.4) is 0 Å². The van der Waals surface area contributed by atoms with Crippen molar-refractivity contribution in [2.24, 2.45) is 0 Å². The fraction of sp³-hybridized carbons (Fsp3) is 0.0769. The number of anilines is 1. The van der Waals surface area contributed by atoms with Crippen molar-refractivity contribution in [3.63, 3.8) is 0 Å². The van der Waals surface area contributed by atoms with Gasteiger partial charge in [-0.05, 0) is 79.2 Å². The number of rotatable bonds is 6. The fourth-order valence-corrected chi connectivity index (χ4v) is 3.47. The summed E-state index contributed by atoms with van der Waals surface area (Å²) in [6.07, 6.45) is 1.16. The van der Waals surface area contributed by atoms with E-state index in [1.54, 1.807) is 37.3 Å². The van der Waals surface area contributed by atoms with E-state index < -0.39 is 17.6 Å². The van der Waals surface area contributed by atoms with Gasteiger partial charge >= 0.3 is 6.18 Å². The number of alkyl halides is 3. The predicted molar refractivity (Wildman–Crippen MR) is 129 cm³/mol. The minimum atomic E-state index is -4.50. The molecule has 0 bridgehead atoms. The highest BCUT2D eigenvalue weighted by Gasteiger charge is 2.30. The molecule has 0 atom stereocenters. The summed E-state index contributed by atoms with van der Waals surface area (Å²) < 4.78 is 52.2. The largest absolute Gasteiger partial charge is 0.416 e. The number of H-pyrrole nitrogens is 1. The number of nitrogens with one attached hydrogen (secondary N) is 3. The molecule has 0 saturated heterocycles. The van der Waals surface area contributed by atoms with Crippen LogP contribution in [0.25, 0.3) is 28.6 Å². The Morgan fingerprint density at radius 1 is 1.06 bits per heavy atom. The van der Waals surface area contributed by atoms with Gasteiger partial charge < -0.3 is 15.7 Å². The van der Waals surface area contributed by atoms with Crippen molar-refractivity contribution in [2.75, 3.05) is 5.32 Å². The van der Waals surface area contributed by atoms with Gasteiger partial charge in [0, 0.05) is 29.1 Å². The van der Waals surface area contributed by atoms with Gasteiger partial charge in [0.25, 0.3) is 5.91 Å². The lowest BCUT2D eigenvalue weighted by atomic mass is 10.0. The summed E-state index contributed by atoms with van der Waals surface area (Å²) in [5.74, 6) is -0.346. The molecule has 2 heterocycles. The molecule has 0 aliphatic carbocycles. The quantitative estimate of drug-likeness (QED) is 0.211. The number of hydrogen-bond acceptors (Lipinski definition) is 4. The van der Waals surface area contributed by atoms with E-state index in [9.17, 15) is 22.4 Å². The minimum Gasteiger partial charge on any atom is -0.338 e. The van der Waals surface area contributed by atoms with Crippen LogP contribution in [0.5, 0.6) is 0 Å². The first kappa shape index (κ1) is 24.5. The molecule has 4 rings (SSSR count). The molecule has 36 heavy (non-hydrogen) atoms. The van der Waals surface area contributed by atoms with E-state index in [4.69, 9.17) is 5.41 Å². The molecule has 0 aliphatic heterocycles. The van der Waals surface area contributed by atoms with Crippen molar-refractivity contribution >= 4 is 24.0 Å². The van der Waals surface area contributed by atoms with Crippen LogP contribution in [-0.4, -0.2) is 27.1 Å². The Labute approximate surface area is 203 Å². The van der Waals surface area contributed by atoms with Crippen molar-refractivity contribution in [1.82, 2.24) is 15.0 Å². The monoisotopic (exact) mass is 493 g/mol. The van der Waals surface area contributed by atoms with Gasteiger partial charge in [0.1, 0.15) is 17.5 Å². The van der Waals surface area contributed by atoms with Gasteiger partial charge in [-0.15, -0.1) is 0 Å². The van der Waals surface area contributed by atoms with Gasteiger partial charge in [-0.1, -0.05) is 0 Å². The second-order valence-corrected chi connectivity index (χ2v) is 7.79. The van der Waals surface area contributed by atoms with E-state index in [0.29, 0.717) is 33.9 Å². The molecule has 3 N–H and O–H groups in total. The van der Waals surface area contributed by atoms with Gasteiger partial charge in [0.2, 0.25) is 0 Å². The molecule has 182 valence electrons. The highest BCUT2D eigenvalue weighted by atomic mass is 19.4. The van der Waals surface area contributed by atoms with E-state index in [1.807, 2.05) is 0 Å². The Morgan fingerprint density at radius 2 is 1.81 bits per heavy atom. The molecule has 0 aliphatic rings. The lowest BCUT2D eigenvalue weighted by molar-refractivity contribution is -0.137. The number of amides is 1. The number of allylic oxidation sites excluding steroid dienone is 1. The second kappa shape index (κ2) is 9.95. The highest BCUT2D eigenvalue weighted by molar-refractivity contribution is 6.04. The Kier molecular flexibility index (Phi) is 6.77. The molecule has 0 saturated carbocycles. The third kappa shape index (κ3) is 5.38. The number of halogens is 4. The maximum Gasteiger partial charge on any atom is 0.416 e. The van der Waals surface area contributed by atoms with E-state index in [2.05, 4.69) is 20.3 Å². The maximum absolute atomic E-state index is 13.8. The van der Waals surface area contributed by atoms with Crippen LogP contribution in [0.4, 0.5) is 23.4 Å². The van der Waals surface area contributed by atoms with Crippen LogP contribution >= 0.6 is 0 Å². The Bertz CT molecular complexity index is 1460. The Morgan fingerprint density at radius 3 is 2.47 bits per heavy atom. The first-order valence-corrected chi connectivity index (χ1v) is 10.6. The maximum atomic E-state index is 13.8. The Balaban J connectivity index is 1.67. The number of carbonyl (C=O) groups is 1. The summed E-state index contributed by atoms with van der Waals surface area (Å²) in [6.45, 7) is 1.64. The van der Waals surface area contributed by atoms with Crippen LogP contribution in [0.15, 0.2) is 66.9 Å². The predicted octanol–water partition coefficient (Wildman–Crippen LogP) is 6.52. The van der Waals surface area contributed by atoms with Crippen molar-refractivity contribution in [3.8, 4) is 22.5 Å². The number of nitrogens with zero attached hydrogens (tertiary/aromatic N) is 2. The van der Waals surface area contributed by atoms with E-state index in [-0.39, 0.29) is 17.2 Å². The van der Waals surface area contributed by atoms with Gasteiger partial charge in [0.15, 0.2) is 0 Å². The fourth-order valence-electron chi connectivity index (χ4n) is 3.47. The first-order chi connectivity index (χ1) is 17.2. The number of pyridine rings is 1. The molecule has 6 nitrogen and oxygen atoms in total. The topological polar surface area (TPSA) is 94.5 Å². The summed E-state index contributed by atoms with van der Waals surface area (Å²) in [6, 6.07) is 11.7. The number of carbonyl (C=O) groups excluding carboxylic acids is 1. The third-order valence-electron chi connectivity index (χ3n) is 5.27. The molecule has 0 spiro atoms. The number of benzene rings is 2. The number of aromatic nitrogens is 3. The molecule has 0 radical (unpaired) electrons. The standard InChI is InChI=1S/C26H19F4N5O/c1-15-13-17(6-9-20(15)27)23-24(34-21(33-23)3-2-11-31)18-10-12-32-22(14-18)35-25(36)16-4-7-19(8-5-16)26(28,29)30/h2-14,31H,1H3,(H,33,34)(H,32,35,36)/b3-2-,31-11?. The summed E-state index contributed by atoms with van der Waals surface area (Å²) in [4.78, 5) is 24.4. The molecule has 2 aromatic carbocycles. The number of hydrogen-bond donors (Lipinski definition) is 3. The average Bonchev–Trinajstić information content (AvgIpc) is 3.28. The van der Waals surface area contributed by atoms with Gasteiger partial charge in [-0.3, -0.25) is 4.79 Å². The summed E-state index contributed by atoms with van der Waals surface area (Å²) in [5, 5.41) is 9.78. The van der Waals surface area contributed by atoms with Crippen LogP contribution in [0.2, 0.25) is 0 Å². The Hall–Kier alpha value is -4.60. The van der Waals surface area contributed by atoms with Crippen molar-refractivity contribution in [3.05, 3.63) is 95.2 Å². The molecule has 0 unspecified atom stereocenters. The molecule has 1 amide bonds. The molecule has 4 aromatic rings. The summed E-state index contributed by atoms with van der Waals surface area (Å²) in [7, 11) is 0.